The number of hydrogen-bond donors (Lipinski definition) is 2. The first-order valence-corrected chi connectivity index (χ1v) is 11.9. The number of nitrogens with zero attached hydrogens (tertiary/aromatic N) is 1. The molecule has 0 radical (unpaired) electrons. The number of alkyl halides is 2. The monoisotopic (exact) mass is 477 g/mol. The van der Waals surface area contributed by atoms with Gasteiger partial charge >= 0.3 is 130 Å². The summed E-state index contributed by atoms with van der Waals surface area (Å²) < 4.78 is 14.4. The van der Waals surface area contributed by atoms with Crippen molar-refractivity contribution in [2.24, 2.45) is 23.0 Å². The van der Waals surface area contributed by atoms with Gasteiger partial charge in [-0.15, -0.1) is 0 Å². The van der Waals surface area contributed by atoms with E-state index in [9.17, 15) is 3.44 Å². The third-order valence-corrected chi connectivity index (χ3v) is 17.6. The number of allylic oxidation sites excluding steroid dienone is 1. The van der Waals surface area contributed by atoms with Gasteiger partial charge in [-0.05, 0) is 0 Å². The van der Waals surface area contributed by atoms with Gasteiger partial charge in [0, 0.05) is 0 Å². The Morgan fingerprint density at radius 3 is 2.67 bits per heavy atom. The van der Waals surface area contributed by atoms with Gasteiger partial charge in [-0.25, -0.2) is 0 Å². The molecule has 0 aromatic heterocycles. The van der Waals surface area contributed by atoms with E-state index in [-0.39, 0.29) is 32.4 Å². The molecule has 0 aromatic carbocycles. The van der Waals surface area contributed by atoms with E-state index >= 15 is 0 Å². The molecule has 5 atom stereocenters. The van der Waals surface area contributed by atoms with Gasteiger partial charge in [0.05, 0.1) is 0 Å². The second-order valence-corrected chi connectivity index (χ2v) is 16.3. The van der Waals surface area contributed by atoms with E-state index < -0.39 is 20.5 Å². The molecule has 3 nitrogen and oxygen atoms in total. The fourth-order valence-electron chi connectivity index (χ4n) is 3.64. The molecule has 1 saturated heterocycles. The Balaban J connectivity index is 2.06. The van der Waals surface area contributed by atoms with Gasteiger partial charge in [0.15, 0.2) is 0 Å². The van der Waals surface area contributed by atoms with Crippen LogP contribution >= 0.6 is 20.5 Å². The second kappa shape index (κ2) is 4.29. The van der Waals surface area contributed by atoms with Crippen molar-refractivity contribution in [2.75, 3.05) is 7.05 Å². The SMILES string of the molecule is CN1[I-]C2C(C3CC2C(C)(N)C=CC3(C)C)I1O. The van der Waals surface area contributed by atoms with Crippen LogP contribution in [0.5, 0.6) is 0 Å². The number of nitrogens with two attached hydrogens (primary N) is 1. The molecule has 0 amide bonds. The predicted molar refractivity (Wildman–Crippen MR) is 78.7 cm³/mol. The molecule has 1 saturated carbocycles. The second-order valence-electron chi connectivity index (χ2n) is 6.63. The summed E-state index contributed by atoms with van der Waals surface area (Å²) in [6, 6.07) is 0. The van der Waals surface area contributed by atoms with E-state index in [0.29, 0.717) is 15.8 Å². The maximum absolute atomic E-state index is 10.7. The van der Waals surface area contributed by atoms with Crippen LogP contribution in [0.4, 0.5) is 0 Å². The third kappa shape index (κ3) is 1.91. The molecule has 2 bridgehead atoms. The van der Waals surface area contributed by atoms with E-state index in [1.165, 1.54) is 6.42 Å². The van der Waals surface area contributed by atoms with Crippen molar-refractivity contribution in [3.63, 3.8) is 0 Å². The van der Waals surface area contributed by atoms with Crippen LogP contribution in [0.3, 0.4) is 0 Å². The van der Waals surface area contributed by atoms with Crippen LogP contribution in [-0.4, -0.2) is 25.2 Å². The maximum atomic E-state index is 10.7. The number of halogens is 2. The molecule has 3 rings (SSSR count). The minimum atomic E-state index is -1.88. The van der Waals surface area contributed by atoms with Crippen LogP contribution in [0.25, 0.3) is 0 Å². The Morgan fingerprint density at radius 1 is 1.33 bits per heavy atom. The van der Waals surface area contributed by atoms with Gasteiger partial charge in [-0.1, -0.05) is 0 Å². The molecule has 3 aliphatic rings. The molecule has 5 unspecified atom stereocenters. The van der Waals surface area contributed by atoms with Gasteiger partial charge in [0.1, 0.15) is 0 Å². The Bertz CT molecular complexity index is 396. The van der Waals surface area contributed by atoms with Crippen LogP contribution in [0.2, 0.25) is 0 Å². The zero-order chi connectivity index (χ0) is 13.3. The summed E-state index contributed by atoms with van der Waals surface area (Å²) in [6.45, 7) is 6.85. The van der Waals surface area contributed by atoms with Crippen molar-refractivity contribution in [1.82, 2.24) is 1.33 Å². The first kappa shape index (κ1) is 14.0. The van der Waals surface area contributed by atoms with Crippen LogP contribution in [-0.2, 0) is 0 Å². The molecular weight excluding hydrogens is 454 g/mol. The van der Waals surface area contributed by atoms with Gasteiger partial charge in [0.2, 0.25) is 0 Å². The molecule has 5 heteroatoms. The normalized spacial score (nSPS) is 52.9. The molecule has 0 spiro atoms. The molecule has 18 heavy (non-hydrogen) atoms. The van der Waals surface area contributed by atoms with Crippen LogP contribution in [0, 0.1) is 17.3 Å². The summed E-state index contributed by atoms with van der Waals surface area (Å²) in [6.07, 6.45) is 5.81. The van der Waals surface area contributed by atoms with Crippen molar-refractivity contribution in [1.29, 1.82) is 0 Å². The average molecular weight is 477 g/mol. The third-order valence-electron chi connectivity index (χ3n) is 4.92. The van der Waals surface area contributed by atoms with Crippen molar-refractivity contribution in [3.05, 3.63) is 12.2 Å². The number of rotatable bonds is 0. The van der Waals surface area contributed by atoms with Crippen LogP contribution in [0.15, 0.2) is 12.2 Å². The van der Waals surface area contributed by atoms with E-state index in [1.807, 2.05) is 0 Å². The first-order valence-electron chi connectivity index (χ1n) is 6.48. The molecule has 3 N–H and O–H groups in total. The van der Waals surface area contributed by atoms with Gasteiger partial charge in [-0.3, -0.25) is 0 Å². The zero-order valence-electron chi connectivity index (χ0n) is 11.4. The van der Waals surface area contributed by atoms with Gasteiger partial charge in [-0.2, -0.15) is 0 Å². The Kier molecular flexibility index (Phi) is 3.34. The molecule has 1 heterocycles. The number of hydrogen-bond acceptors (Lipinski definition) is 3. The molecule has 1 aliphatic heterocycles. The Morgan fingerprint density at radius 2 is 2.00 bits per heavy atom. The van der Waals surface area contributed by atoms with Crippen molar-refractivity contribution in [3.8, 4) is 0 Å². The molecule has 2 fully saturated rings. The van der Waals surface area contributed by atoms with Gasteiger partial charge < -0.3 is 0 Å². The summed E-state index contributed by atoms with van der Waals surface area (Å²) >= 11 is -1.90. The van der Waals surface area contributed by atoms with Gasteiger partial charge in [0.25, 0.3) is 0 Å². The summed E-state index contributed by atoms with van der Waals surface area (Å²) in [5, 5.41) is 0. The molecular formula is C13H23I2N2O-. The van der Waals surface area contributed by atoms with E-state index in [4.69, 9.17) is 5.73 Å². The first-order chi connectivity index (χ1) is 8.24. The fraction of sp³-hybridized carbons (Fsp3) is 0.846. The summed E-state index contributed by atoms with van der Waals surface area (Å²) in [5.74, 6) is 1.24. The average Bonchev–Trinajstić information content (AvgIpc) is 2.74. The number of fused-ring (bicyclic) bond motifs is 5. The predicted octanol–water partition coefficient (Wildman–Crippen LogP) is -1.05. The fourth-order valence-corrected chi connectivity index (χ4v) is 18.2. The van der Waals surface area contributed by atoms with E-state index in [0.717, 1.165) is 3.92 Å². The molecule has 106 valence electrons. The molecule has 2 aliphatic carbocycles. The minimum absolute atomic E-state index is 0.0132. The summed E-state index contributed by atoms with van der Waals surface area (Å²) in [7, 11) is 2.15. The zero-order valence-corrected chi connectivity index (χ0v) is 15.7. The van der Waals surface area contributed by atoms with Crippen molar-refractivity contribution < 1.29 is 24.9 Å². The van der Waals surface area contributed by atoms with Crippen molar-refractivity contribution in [2.45, 2.75) is 40.6 Å². The topological polar surface area (TPSA) is 49.5 Å². The summed E-state index contributed by atoms with van der Waals surface area (Å²) in [4.78, 5) is 0. The Hall–Kier alpha value is 1.08. The van der Waals surface area contributed by atoms with Crippen LogP contribution < -0.4 is 27.2 Å². The van der Waals surface area contributed by atoms with E-state index in [2.05, 4.69) is 41.3 Å². The van der Waals surface area contributed by atoms with E-state index in [1.54, 1.807) is 0 Å². The van der Waals surface area contributed by atoms with Crippen molar-refractivity contribution >= 4 is 20.5 Å². The summed E-state index contributed by atoms with van der Waals surface area (Å²) in [5.41, 5.74) is 6.60. The Labute approximate surface area is 128 Å². The standard InChI is InChI=1S/C13H23I2N2O/c1-12(2)5-6-13(3,16)8-7-9(12)11-10(8)14-17(4)15(11)18/h5-6,8-11,18H,7,16H2,1-4H3/q-1. The van der Waals surface area contributed by atoms with Crippen LogP contribution in [0.1, 0.15) is 27.2 Å². The quantitative estimate of drug-likeness (QED) is 0.203. The molecule has 0 aromatic rings.